The van der Waals surface area contributed by atoms with Crippen molar-refractivity contribution in [2.24, 2.45) is 0 Å². The Balaban J connectivity index is 1.34. The lowest BCUT2D eigenvalue weighted by Gasteiger charge is -2.26. The van der Waals surface area contributed by atoms with E-state index in [1.165, 1.54) is 0 Å². The summed E-state index contributed by atoms with van der Waals surface area (Å²) in [5.41, 5.74) is 6.17. The molecule has 0 bridgehead atoms. The summed E-state index contributed by atoms with van der Waals surface area (Å²) >= 11 is 0. The van der Waals surface area contributed by atoms with Crippen LogP contribution in [0.1, 0.15) is 22.3 Å². The van der Waals surface area contributed by atoms with Crippen LogP contribution in [0.25, 0.3) is 33.7 Å². The van der Waals surface area contributed by atoms with Gasteiger partial charge in [0.1, 0.15) is 23.6 Å². The minimum Gasteiger partial charge on any atom is -0.497 e. The second-order valence-electron chi connectivity index (χ2n) is 9.98. The molecule has 6 aromatic rings. The number of anilines is 3. The Bertz CT molecular complexity index is 2000. The smallest absolute Gasteiger partial charge is 0.119 e. The Morgan fingerprint density at radius 1 is 0.512 bits per heavy atom. The van der Waals surface area contributed by atoms with Gasteiger partial charge in [0, 0.05) is 38.6 Å². The van der Waals surface area contributed by atoms with Crippen LogP contribution in [0, 0.1) is 22.7 Å². The van der Waals surface area contributed by atoms with E-state index in [4.69, 9.17) is 9.47 Å². The van der Waals surface area contributed by atoms with Crippen LogP contribution in [0.4, 0.5) is 17.1 Å². The van der Waals surface area contributed by atoms with Gasteiger partial charge in [0.15, 0.2) is 0 Å². The van der Waals surface area contributed by atoms with E-state index in [1.54, 1.807) is 14.2 Å². The summed E-state index contributed by atoms with van der Waals surface area (Å²) in [6.07, 6.45) is 4.08. The predicted molar refractivity (Wildman–Crippen MR) is 174 cm³/mol. The first-order valence-electron chi connectivity index (χ1n) is 13.8. The van der Waals surface area contributed by atoms with Gasteiger partial charge in [-0.15, -0.1) is 0 Å². The molecule has 0 unspecified atom stereocenters. The highest BCUT2D eigenvalue weighted by Crippen LogP contribution is 2.37. The molecule has 0 spiro atoms. The standard InChI is InChI=1S/C38H27N3O2/c1-42-31-18-14-29(15-19-31)41(30-16-20-32(43-2)21-17-30)28-12-9-26(10-13-28)7-8-27-11-22-35-36(23-27)38(25-40)34-6-4-3-5-33(34)37(35)24-39/h3-23H,1-2H3. The third-order valence-electron chi connectivity index (χ3n) is 7.55. The van der Waals surface area contributed by atoms with Crippen LogP contribution in [-0.4, -0.2) is 14.2 Å². The van der Waals surface area contributed by atoms with Gasteiger partial charge in [-0.1, -0.05) is 60.7 Å². The average Bonchev–Trinajstić information content (AvgIpc) is 3.07. The van der Waals surface area contributed by atoms with Crippen molar-refractivity contribution in [2.45, 2.75) is 0 Å². The maximum Gasteiger partial charge on any atom is 0.119 e. The quantitative estimate of drug-likeness (QED) is 0.144. The van der Waals surface area contributed by atoms with Gasteiger partial charge in [-0.05, 0) is 77.9 Å². The van der Waals surface area contributed by atoms with Crippen LogP contribution < -0.4 is 14.4 Å². The molecule has 0 saturated carbocycles. The molecule has 0 heterocycles. The Labute approximate surface area is 250 Å². The highest BCUT2D eigenvalue weighted by Gasteiger charge is 2.15. The number of methoxy groups -OCH3 is 2. The Morgan fingerprint density at radius 2 is 0.930 bits per heavy atom. The SMILES string of the molecule is COc1ccc(N(c2ccc(C=Cc3ccc4c(C#N)c5ccccc5c(C#N)c4c3)cc2)c2ccc(OC)cc2)cc1. The van der Waals surface area contributed by atoms with E-state index in [-0.39, 0.29) is 0 Å². The van der Waals surface area contributed by atoms with Crippen LogP contribution in [0.3, 0.4) is 0 Å². The van der Waals surface area contributed by atoms with Gasteiger partial charge in [0.2, 0.25) is 0 Å². The van der Waals surface area contributed by atoms with Crippen LogP contribution in [0.5, 0.6) is 11.5 Å². The molecule has 0 atom stereocenters. The number of benzene rings is 6. The highest BCUT2D eigenvalue weighted by atomic mass is 16.5. The number of hydrogen-bond acceptors (Lipinski definition) is 5. The van der Waals surface area contributed by atoms with Crippen molar-refractivity contribution in [3.63, 3.8) is 0 Å². The number of fused-ring (bicyclic) bond motifs is 2. The van der Waals surface area contributed by atoms with Gasteiger partial charge < -0.3 is 14.4 Å². The largest absolute Gasteiger partial charge is 0.497 e. The first kappa shape index (κ1) is 27.1. The lowest BCUT2D eigenvalue weighted by molar-refractivity contribution is 0.415. The van der Waals surface area contributed by atoms with Gasteiger partial charge in [-0.3, -0.25) is 0 Å². The summed E-state index contributed by atoms with van der Waals surface area (Å²) in [6.45, 7) is 0. The minimum absolute atomic E-state index is 0.585. The molecule has 6 aromatic carbocycles. The highest BCUT2D eigenvalue weighted by molar-refractivity contribution is 6.09. The fourth-order valence-corrected chi connectivity index (χ4v) is 5.38. The molecule has 0 aliphatic heterocycles. The molecular formula is C38H27N3O2. The molecule has 43 heavy (non-hydrogen) atoms. The summed E-state index contributed by atoms with van der Waals surface area (Å²) in [5, 5.41) is 23.1. The fraction of sp³-hybridized carbons (Fsp3) is 0.0526. The lowest BCUT2D eigenvalue weighted by Crippen LogP contribution is -2.09. The second-order valence-corrected chi connectivity index (χ2v) is 9.98. The Hall–Kier alpha value is -6.04. The molecule has 5 heteroatoms. The van der Waals surface area contributed by atoms with E-state index in [0.717, 1.165) is 61.2 Å². The van der Waals surface area contributed by atoms with E-state index >= 15 is 0 Å². The number of rotatable bonds is 7. The summed E-state index contributed by atoms with van der Waals surface area (Å²) < 4.78 is 10.7. The van der Waals surface area contributed by atoms with E-state index in [1.807, 2.05) is 103 Å². The van der Waals surface area contributed by atoms with E-state index in [0.29, 0.717) is 11.1 Å². The first-order chi connectivity index (χ1) is 21.1. The van der Waals surface area contributed by atoms with Crippen LogP contribution in [0.2, 0.25) is 0 Å². The molecule has 0 aromatic heterocycles. The summed E-state index contributed by atoms with van der Waals surface area (Å²) in [4.78, 5) is 2.18. The van der Waals surface area contributed by atoms with E-state index in [2.05, 4.69) is 41.3 Å². The van der Waals surface area contributed by atoms with Crippen LogP contribution in [-0.2, 0) is 0 Å². The van der Waals surface area contributed by atoms with Crippen molar-refractivity contribution < 1.29 is 9.47 Å². The summed E-state index contributed by atoms with van der Waals surface area (Å²) in [5.74, 6) is 1.60. The zero-order chi connectivity index (χ0) is 29.8. The van der Waals surface area contributed by atoms with Crippen molar-refractivity contribution >= 4 is 50.8 Å². The lowest BCUT2D eigenvalue weighted by atomic mass is 9.91. The summed E-state index contributed by atoms with van der Waals surface area (Å²) in [6, 6.07) is 42.5. The average molecular weight is 558 g/mol. The Morgan fingerprint density at radius 3 is 1.42 bits per heavy atom. The Kier molecular flexibility index (Phi) is 7.47. The van der Waals surface area contributed by atoms with Crippen LogP contribution >= 0.6 is 0 Å². The van der Waals surface area contributed by atoms with E-state index in [9.17, 15) is 10.5 Å². The molecule has 0 saturated heterocycles. The molecule has 5 nitrogen and oxygen atoms in total. The normalized spacial score (nSPS) is 10.9. The molecule has 0 N–H and O–H groups in total. The van der Waals surface area contributed by atoms with Gasteiger partial charge in [0.05, 0.1) is 25.3 Å². The topological polar surface area (TPSA) is 69.3 Å². The first-order valence-corrected chi connectivity index (χ1v) is 13.8. The number of hydrogen-bond donors (Lipinski definition) is 0. The number of nitrogens with zero attached hydrogens (tertiary/aromatic N) is 3. The molecule has 0 fully saturated rings. The van der Waals surface area contributed by atoms with Crippen molar-refractivity contribution in [1.29, 1.82) is 10.5 Å². The predicted octanol–water partition coefficient (Wildman–Crippen LogP) is 9.39. The van der Waals surface area contributed by atoms with Gasteiger partial charge in [-0.25, -0.2) is 0 Å². The molecule has 0 amide bonds. The number of nitriles is 2. The third-order valence-corrected chi connectivity index (χ3v) is 7.55. The third kappa shape index (κ3) is 5.24. The van der Waals surface area contributed by atoms with Crippen molar-refractivity contribution in [1.82, 2.24) is 0 Å². The zero-order valence-corrected chi connectivity index (χ0v) is 23.8. The molecule has 6 rings (SSSR count). The molecule has 0 radical (unpaired) electrons. The zero-order valence-electron chi connectivity index (χ0n) is 23.8. The molecule has 0 aliphatic carbocycles. The van der Waals surface area contributed by atoms with E-state index < -0.39 is 0 Å². The maximum absolute atomic E-state index is 10.0. The van der Waals surface area contributed by atoms with Gasteiger partial charge in [0.25, 0.3) is 0 Å². The van der Waals surface area contributed by atoms with Crippen molar-refractivity contribution in [3.05, 3.63) is 138 Å². The summed E-state index contributed by atoms with van der Waals surface area (Å²) in [7, 11) is 3.32. The maximum atomic E-state index is 10.0. The molecule has 206 valence electrons. The van der Waals surface area contributed by atoms with Gasteiger partial charge >= 0.3 is 0 Å². The van der Waals surface area contributed by atoms with Crippen molar-refractivity contribution in [3.8, 4) is 23.6 Å². The van der Waals surface area contributed by atoms with Crippen LogP contribution in [0.15, 0.2) is 115 Å². The molecular weight excluding hydrogens is 530 g/mol. The monoisotopic (exact) mass is 557 g/mol. The minimum atomic E-state index is 0.585. The second kappa shape index (κ2) is 11.8. The molecule has 0 aliphatic rings. The number of ether oxygens (including phenoxy) is 2. The van der Waals surface area contributed by atoms with Gasteiger partial charge in [-0.2, -0.15) is 10.5 Å². The van der Waals surface area contributed by atoms with Crippen molar-refractivity contribution in [2.75, 3.05) is 19.1 Å². The fourth-order valence-electron chi connectivity index (χ4n) is 5.38.